The van der Waals surface area contributed by atoms with Gasteiger partial charge in [0.05, 0.1) is 6.29 Å². The number of hydrogen-bond donors (Lipinski definition) is 1. The third-order valence-corrected chi connectivity index (χ3v) is 5.75. The van der Waals surface area contributed by atoms with Gasteiger partial charge < -0.3 is 9.88 Å². The van der Waals surface area contributed by atoms with E-state index in [1.165, 1.54) is 0 Å². The highest BCUT2D eigenvalue weighted by atomic mass is 31.2. The van der Waals surface area contributed by atoms with Crippen LogP contribution < -0.4 is 15.9 Å². The average molecular weight is 245 g/mol. The first-order valence-corrected chi connectivity index (χ1v) is 7.51. The molecule has 0 heterocycles. The van der Waals surface area contributed by atoms with E-state index in [9.17, 15) is 4.57 Å². The van der Waals surface area contributed by atoms with E-state index in [1.807, 2.05) is 67.7 Å². The molecule has 3 heteroatoms. The van der Waals surface area contributed by atoms with Crippen LogP contribution in [0.1, 0.15) is 0 Å². The van der Waals surface area contributed by atoms with Crippen LogP contribution in [0.4, 0.5) is 0 Å². The van der Waals surface area contributed by atoms with Crippen molar-refractivity contribution >= 4 is 17.8 Å². The van der Waals surface area contributed by atoms with E-state index in [2.05, 4.69) is 5.32 Å². The van der Waals surface area contributed by atoms with E-state index in [4.69, 9.17) is 0 Å². The maximum absolute atomic E-state index is 13.2. The second-order valence-corrected chi connectivity index (χ2v) is 6.75. The van der Waals surface area contributed by atoms with Gasteiger partial charge in [0.2, 0.25) is 0 Å². The molecule has 0 fully saturated rings. The number of benzene rings is 2. The summed E-state index contributed by atoms with van der Waals surface area (Å²) in [5.41, 5.74) is 0. The van der Waals surface area contributed by atoms with Crippen molar-refractivity contribution in [1.29, 1.82) is 0 Å². The molecule has 0 aliphatic carbocycles. The molecule has 0 aromatic heterocycles. The van der Waals surface area contributed by atoms with Crippen molar-refractivity contribution in [2.75, 3.05) is 13.3 Å². The van der Waals surface area contributed by atoms with E-state index in [0.717, 1.165) is 10.6 Å². The smallest absolute Gasteiger partial charge is 0.156 e. The van der Waals surface area contributed by atoms with Crippen LogP contribution in [-0.4, -0.2) is 13.3 Å². The summed E-state index contributed by atoms with van der Waals surface area (Å²) in [6.07, 6.45) is 0.487. The quantitative estimate of drug-likeness (QED) is 0.836. The predicted molar refractivity (Wildman–Crippen MR) is 73.7 cm³/mol. The van der Waals surface area contributed by atoms with Crippen molar-refractivity contribution in [2.24, 2.45) is 0 Å². The van der Waals surface area contributed by atoms with Gasteiger partial charge in [0.25, 0.3) is 0 Å². The molecule has 0 saturated heterocycles. The molecule has 2 rings (SSSR count). The van der Waals surface area contributed by atoms with Gasteiger partial charge in [0.1, 0.15) is 0 Å². The SMILES string of the molecule is CNCP(=O)(c1ccccc1)c1ccccc1. The van der Waals surface area contributed by atoms with E-state index in [1.54, 1.807) is 0 Å². The summed E-state index contributed by atoms with van der Waals surface area (Å²) in [6.45, 7) is 0. The molecule has 0 atom stereocenters. The maximum Gasteiger partial charge on any atom is 0.156 e. The van der Waals surface area contributed by atoms with Gasteiger partial charge >= 0.3 is 0 Å². The van der Waals surface area contributed by atoms with Crippen molar-refractivity contribution in [3.8, 4) is 0 Å². The van der Waals surface area contributed by atoms with Crippen molar-refractivity contribution < 1.29 is 4.57 Å². The minimum atomic E-state index is -2.54. The molecule has 0 aliphatic rings. The van der Waals surface area contributed by atoms with Gasteiger partial charge in [-0.25, -0.2) is 0 Å². The van der Waals surface area contributed by atoms with Gasteiger partial charge in [-0.15, -0.1) is 0 Å². The minimum Gasteiger partial charge on any atom is -0.313 e. The van der Waals surface area contributed by atoms with E-state index < -0.39 is 7.14 Å². The Bertz CT molecular complexity index is 467. The fourth-order valence-electron chi connectivity index (χ4n) is 1.89. The zero-order valence-electron chi connectivity index (χ0n) is 9.84. The molecule has 17 heavy (non-hydrogen) atoms. The van der Waals surface area contributed by atoms with Gasteiger partial charge in [-0.3, -0.25) is 0 Å². The van der Waals surface area contributed by atoms with E-state index in [-0.39, 0.29) is 0 Å². The first-order chi connectivity index (χ1) is 8.27. The third-order valence-electron chi connectivity index (χ3n) is 2.73. The van der Waals surface area contributed by atoms with Crippen molar-refractivity contribution in [2.45, 2.75) is 0 Å². The van der Waals surface area contributed by atoms with Crippen molar-refractivity contribution in [3.63, 3.8) is 0 Å². The summed E-state index contributed by atoms with van der Waals surface area (Å²) >= 11 is 0. The molecule has 1 N–H and O–H groups in total. The van der Waals surface area contributed by atoms with Crippen LogP contribution in [0.15, 0.2) is 60.7 Å². The van der Waals surface area contributed by atoms with Crippen LogP contribution in [0.5, 0.6) is 0 Å². The highest BCUT2D eigenvalue weighted by Crippen LogP contribution is 2.41. The van der Waals surface area contributed by atoms with Crippen LogP contribution in [0.3, 0.4) is 0 Å². The minimum absolute atomic E-state index is 0.487. The zero-order chi connectivity index (χ0) is 12.1. The van der Waals surface area contributed by atoms with Crippen LogP contribution >= 0.6 is 7.14 Å². The Kier molecular flexibility index (Phi) is 3.78. The van der Waals surface area contributed by atoms with Crippen molar-refractivity contribution in [3.05, 3.63) is 60.7 Å². The lowest BCUT2D eigenvalue weighted by Crippen LogP contribution is -2.24. The van der Waals surface area contributed by atoms with E-state index in [0.29, 0.717) is 6.29 Å². The summed E-state index contributed by atoms with van der Waals surface area (Å²) in [5, 5.41) is 4.85. The molecule has 0 amide bonds. The molecule has 0 saturated carbocycles. The lowest BCUT2D eigenvalue weighted by atomic mass is 10.4. The first kappa shape index (κ1) is 12.1. The predicted octanol–water partition coefficient (Wildman–Crippen LogP) is 2.18. The fourth-order valence-corrected chi connectivity index (χ4v) is 4.31. The summed E-state index contributed by atoms with van der Waals surface area (Å²) in [5.74, 6) is 0. The molecule has 0 bridgehead atoms. The molecule has 0 spiro atoms. The Balaban J connectivity index is 2.51. The van der Waals surface area contributed by atoms with Gasteiger partial charge in [-0.2, -0.15) is 0 Å². The number of nitrogens with one attached hydrogen (secondary N) is 1. The Morgan fingerprint density at radius 3 is 1.65 bits per heavy atom. The standard InChI is InChI=1S/C14H16NOP/c1-15-12-17(16,13-8-4-2-5-9-13)14-10-6-3-7-11-14/h2-11,15H,12H2,1H3. The molecule has 0 aliphatic heterocycles. The molecule has 88 valence electrons. The second kappa shape index (κ2) is 5.31. The Hall–Kier alpha value is -1.37. The lowest BCUT2D eigenvalue weighted by Gasteiger charge is -2.18. The molecule has 2 aromatic carbocycles. The maximum atomic E-state index is 13.2. The van der Waals surface area contributed by atoms with Crippen molar-refractivity contribution in [1.82, 2.24) is 5.32 Å². The van der Waals surface area contributed by atoms with Gasteiger partial charge in [0, 0.05) is 10.6 Å². The van der Waals surface area contributed by atoms with Gasteiger partial charge in [0.15, 0.2) is 7.14 Å². The van der Waals surface area contributed by atoms with Crippen LogP contribution in [0.2, 0.25) is 0 Å². The summed E-state index contributed by atoms with van der Waals surface area (Å²) in [4.78, 5) is 0. The average Bonchev–Trinajstić information content (AvgIpc) is 2.41. The van der Waals surface area contributed by atoms with Gasteiger partial charge in [-0.1, -0.05) is 60.7 Å². The number of hydrogen-bond acceptors (Lipinski definition) is 2. The normalized spacial score (nSPS) is 11.4. The first-order valence-electron chi connectivity index (χ1n) is 5.62. The molecule has 0 radical (unpaired) electrons. The Labute approximate surface area is 102 Å². The monoisotopic (exact) mass is 245 g/mol. The second-order valence-electron chi connectivity index (χ2n) is 3.92. The van der Waals surface area contributed by atoms with Gasteiger partial charge in [-0.05, 0) is 7.05 Å². The summed E-state index contributed by atoms with van der Waals surface area (Å²) in [7, 11) is -0.703. The molecular formula is C14H16NOP. The summed E-state index contributed by atoms with van der Waals surface area (Å²) in [6, 6.07) is 19.4. The van der Waals surface area contributed by atoms with Crippen LogP contribution in [0.25, 0.3) is 0 Å². The zero-order valence-corrected chi connectivity index (χ0v) is 10.7. The number of rotatable bonds is 4. The largest absolute Gasteiger partial charge is 0.313 e. The molecule has 2 nitrogen and oxygen atoms in total. The third kappa shape index (κ3) is 2.49. The topological polar surface area (TPSA) is 29.1 Å². The highest BCUT2D eigenvalue weighted by Gasteiger charge is 2.25. The van der Waals surface area contributed by atoms with Crippen LogP contribution in [-0.2, 0) is 4.57 Å². The molecular weight excluding hydrogens is 229 g/mol. The summed E-state index contributed by atoms with van der Waals surface area (Å²) < 4.78 is 13.2. The molecule has 0 unspecified atom stereocenters. The Morgan fingerprint density at radius 1 is 0.882 bits per heavy atom. The molecule has 2 aromatic rings. The lowest BCUT2D eigenvalue weighted by molar-refractivity contribution is 0.584. The van der Waals surface area contributed by atoms with E-state index >= 15 is 0 Å². The Morgan fingerprint density at radius 2 is 1.29 bits per heavy atom. The van der Waals surface area contributed by atoms with Crippen LogP contribution in [0, 0.1) is 0 Å². The fraction of sp³-hybridized carbons (Fsp3) is 0.143. The highest BCUT2D eigenvalue weighted by molar-refractivity contribution is 7.78.